The van der Waals surface area contributed by atoms with Gasteiger partial charge >= 0.3 is 6.09 Å². The van der Waals surface area contributed by atoms with Gasteiger partial charge in [-0.2, -0.15) is 0 Å². The summed E-state index contributed by atoms with van der Waals surface area (Å²) >= 11 is 0. The normalized spacial score (nSPS) is 14.5. The van der Waals surface area contributed by atoms with E-state index in [1.807, 2.05) is 51.1 Å². The second-order valence-electron chi connectivity index (χ2n) is 9.14. The molecule has 4 heterocycles. The first-order valence-electron chi connectivity index (χ1n) is 10.8. The fourth-order valence-electron chi connectivity index (χ4n) is 3.95. The van der Waals surface area contributed by atoms with Gasteiger partial charge in [0.2, 0.25) is 0 Å². The molecule has 170 valence electrons. The summed E-state index contributed by atoms with van der Waals surface area (Å²) in [6.45, 7) is 6.70. The van der Waals surface area contributed by atoms with E-state index in [1.54, 1.807) is 11.1 Å². The molecule has 0 spiro atoms. The lowest BCUT2D eigenvalue weighted by Gasteiger charge is -2.29. The predicted octanol–water partition coefficient (Wildman–Crippen LogP) is 4.91. The number of aromatic hydroxyl groups is 1. The Morgan fingerprint density at radius 3 is 2.82 bits per heavy atom. The topological polar surface area (TPSA) is 119 Å². The number of carbonyl (C=O) groups excluding carboxylic acids is 1. The Hall–Kier alpha value is -4.01. The van der Waals surface area contributed by atoms with Gasteiger partial charge in [0.15, 0.2) is 5.88 Å². The van der Waals surface area contributed by atoms with Gasteiger partial charge in [-0.25, -0.2) is 14.8 Å². The van der Waals surface area contributed by atoms with Crippen LogP contribution < -0.4 is 5.32 Å². The number of aromatic nitrogens is 4. The van der Waals surface area contributed by atoms with Gasteiger partial charge in [-0.1, -0.05) is 6.08 Å². The van der Waals surface area contributed by atoms with E-state index in [0.717, 1.165) is 45.2 Å². The van der Waals surface area contributed by atoms with Crippen LogP contribution in [-0.2, 0) is 4.74 Å². The molecule has 3 aromatic heterocycles. The Morgan fingerprint density at radius 1 is 1.21 bits per heavy atom. The molecule has 5 rings (SSSR count). The largest absolute Gasteiger partial charge is 0.494 e. The van der Waals surface area contributed by atoms with Gasteiger partial charge in [0.25, 0.3) is 0 Å². The zero-order valence-electron chi connectivity index (χ0n) is 18.8. The second-order valence-corrected chi connectivity index (χ2v) is 9.14. The minimum atomic E-state index is -0.508. The second kappa shape index (κ2) is 7.84. The molecule has 1 aliphatic heterocycles. The van der Waals surface area contributed by atoms with Gasteiger partial charge in [0.05, 0.1) is 5.39 Å². The minimum Gasteiger partial charge on any atom is -0.494 e. The van der Waals surface area contributed by atoms with Crippen molar-refractivity contribution in [3.8, 4) is 5.88 Å². The van der Waals surface area contributed by atoms with Crippen LogP contribution in [0, 0.1) is 0 Å². The highest BCUT2D eigenvalue weighted by Gasteiger charge is 2.24. The number of benzene rings is 1. The first-order valence-corrected chi connectivity index (χ1v) is 10.8. The first kappa shape index (κ1) is 20.9. The number of amides is 1. The van der Waals surface area contributed by atoms with Crippen LogP contribution in [0.3, 0.4) is 0 Å². The number of carbonyl (C=O) groups is 1. The average molecular weight is 447 g/mol. The molecule has 0 aliphatic carbocycles. The number of fused-ring (bicyclic) bond motifs is 2. The fourth-order valence-corrected chi connectivity index (χ4v) is 3.95. The predicted molar refractivity (Wildman–Crippen MR) is 128 cm³/mol. The molecule has 0 saturated carbocycles. The maximum absolute atomic E-state index is 12.3. The van der Waals surface area contributed by atoms with Crippen LogP contribution in [-0.4, -0.2) is 54.7 Å². The van der Waals surface area contributed by atoms with Crippen molar-refractivity contribution in [2.45, 2.75) is 32.8 Å². The number of anilines is 2. The number of ether oxygens (including phenoxy) is 1. The SMILES string of the molecule is CC(C)(C)OC(=O)N1CC=C(c2cc3c(Nc4ccc5c(O)[nH]cc5c4)ncnc3[nH]2)CC1. The van der Waals surface area contributed by atoms with Crippen LogP contribution >= 0.6 is 0 Å². The van der Waals surface area contributed by atoms with Crippen molar-refractivity contribution < 1.29 is 14.6 Å². The lowest BCUT2D eigenvalue weighted by molar-refractivity contribution is 0.0270. The molecule has 33 heavy (non-hydrogen) atoms. The Bertz CT molecular complexity index is 1380. The number of nitrogens with one attached hydrogen (secondary N) is 3. The molecule has 4 aromatic rings. The number of hydrogen-bond donors (Lipinski definition) is 4. The van der Waals surface area contributed by atoms with Crippen LogP contribution in [0.5, 0.6) is 5.88 Å². The summed E-state index contributed by atoms with van der Waals surface area (Å²) in [4.78, 5) is 29.0. The zero-order chi connectivity index (χ0) is 23.2. The molecule has 0 saturated heterocycles. The monoisotopic (exact) mass is 446 g/mol. The number of H-pyrrole nitrogens is 2. The summed E-state index contributed by atoms with van der Waals surface area (Å²) in [6, 6.07) is 7.73. The van der Waals surface area contributed by atoms with E-state index in [1.165, 1.54) is 6.33 Å². The highest BCUT2D eigenvalue weighted by Crippen LogP contribution is 2.31. The Morgan fingerprint density at radius 2 is 2.06 bits per heavy atom. The maximum atomic E-state index is 12.3. The summed E-state index contributed by atoms with van der Waals surface area (Å²) < 4.78 is 5.47. The standard InChI is InChI=1S/C24H26N6O3/c1-24(2,3)33-23(32)30-8-6-14(7-9-30)19-11-18-20(26-13-27-21(18)29-19)28-16-4-5-17-15(10-16)12-25-22(17)31/h4-6,10-13,25,31H,7-9H2,1-3H3,(H2,26,27,28,29). The van der Waals surface area contributed by atoms with Crippen LogP contribution in [0.15, 0.2) is 42.9 Å². The molecule has 0 fully saturated rings. The van der Waals surface area contributed by atoms with E-state index in [0.29, 0.717) is 18.9 Å². The van der Waals surface area contributed by atoms with E-state index >= 15 is 0 Å². The van der Waals surface area contributed by atoms with E-state index in [2.05, 4.69) is 25.3 Å². The summed E-state index contributed by atoms with van der Waals surface area (Å²) in [5.74, 6) is 0.843. The summed E-state index contributed by atoms with van der Waals surface area (Å²) in [7, 11) is 0. The molecule has 1 aromatic carbocycles. The third kappa shape index (κ3) is 4.21. The molecule has 0 bridgehead atoms. The molecule has 9 nitrogen and oxygen atoms in total. The average Bonchev–Trinajstić information content (AvgIpc) is 3.37. The molecule has 4 N–H and O–H groups in total. The molecule has 9 heteroatoms. The molecule has 1 amide bonds. The molecular weight excluding hydrogens is 420 g/mol. The quantitative estimate of drug-likeness (QED) is 0.355. The van der Waals surface area contributed by atoms with E-state index in [-0.39, 0.29) is 12.0 Å². The third-order valence-electron chi connectivity index (χ3n) is 5.57. The van der Waals surface area contributed by atoms with Crippen molar-refractivity contribution in [2.75, 3.05) is 18.4 Å². The van der Waals surface area contributed by atoms with Gasteiger partial charge < -0.3 is 30.0 Å². The summed E-state index contributed by atoms with van der Waals surface area (Å²) in [6.07, 6.45) is 5.75. The van der Waals surface area contributed by atoms with Crippen molar-refractivity contribution in [1.29, 1.82) is 0 Å². The van der Waals surface area contributed by atoms with Crippen molar-refractivity contribution in [3.05, 3.63) is 48.6 Å². The Labute approximate surface area is 190 Å². The highest BCUT2D eigenvalue weighted by molar-refractivity contribution is 5.94. The number of aromatic amines is 2. The highest BCUT2D eigenvalue weighted by atomic mass is 16.6. The Kier molecular flexibility index (Phi) is 4.96. The fraction of sp³-hybridized carbons (Fsp3) is 0.292. The molecular formula is C24H26N6O3. The van der Waals surface area contributed by atoms with E-state index in [4.69, 9.17) is 4.74 Å². The lowest BCUT2D eigenvalue weighted by atomic mass is 10.1. The van der Waals surface area contributed by atoms with Crippen molar-refractivity contribution >= 4 is 45.0 Å². The summed E-state index contributed by atoms with van der Waals surface area (Å²) in [5, 5.41) is 15.7. The molecule has 0 unspecified atom stereocenters. The van der Waals surface area contributed by atoms with Gasteiger partial charge in [-0.3, -0.25) is 0 Å². The van der Waals surface area contributed by atoms with E-state index < -0.39 is 5.60 Å². The van der Waals surface area contributed by atoms with Crippen LogP contribution in [0.1, 0.15) is 32.9 Å². The van der Waals surface area contributed by atoms with E-state index in [9.17, 15) is 9.90 Å². The summed E-state index contributed by atoms with van der Waals surface area (Å²) in [5.41, 5.74) is 3.17. The lowest BCUT2D eigenvalue weighted by Crippen LogP contribution is -2.39. The number of rotatable bonds is 3. The van der Waals surface area contributed by atoms with Crippen molar-refractivity contribution in [1.82, 2.24) is 24.8 Å². The Balaban J connectivity index is 1.37. The van der Waals surface area contributed by atoms with Crippen LogP contribution in [0.25, 0.3) is 27.4 Å². The van der Waals surface area contributed by atoms with Crippen LogP contribution in [0.4, 0.5) is 16.3 Å². The molecule has 0 atom stereocenters. The smallest absolute Gasteiger partial charge is 0.410 e. The minimum absolute atomic E-state index is 0.155. The van der Waals surface area contributed by atoms with Gasteiger partial charge in [-0.15, -0.1) is 0 Å². The molecule has 0 radical (unpaired) electrons. The van der Waals surface area contributed by atoms with Gasteiger partial charge in [-0.05, 0) is 57.0 Å². The van der Waals surface area contributed by atoms with Gasteiger partial charge in [0, 0.05) is 41.4 Å². The van der Waals surface area contributed by atoms with Crippen LogP contribution in [0.2, 0.25) is 0 Å². The number of hydrogen-bond acceptors (Lipinski definition) is 6. The zero-order valence-corrected chi connectivity index (χ0v) is 18.8. The maximum Gasteiger partial charge on any atom is 0.410 e. The number of nitrogens with zero attached hydrogens (tertiary/aromatic N) is 3. The third-order valence-corrected chi connectivity index (χ3v) is 5.57. The first-order chi connectivity index (χ1) is 15.8. The van der Waals surface area contributed by atoms with Crippen molar-refractivity contribution in [2.24, 2.45) is 0 Å². The van der Waals surface area contributed by atoms with Crippen molar-refractivity contribution in [3.63, 3.8) is 0 Å². The van der Waals surface area contributed by atoms with Gasteiger partial charge in [0.1, 0.15) is 23.4 Å². The molecule has 1 aliphatic rings.